The number of carbonyl (C=O) groups is 2. The van der Waals surface area contributed by atoms with Crippen molar-refractivity contribution >= 4 is 38.8 Å². The average molecular weight is 576 g/mol. The highest BCUT2D eigenvalue weighted by Crippen LogP contribution is 2.19. The van der Waals surface area contributed by atoms with Crippen molar-refractivity contribution in [3.8, 4) is 0 Å². The van der Waals surface area contributed by atoms with Gasteiger partial charge in [-0.2, -0.15) is 0 Å². The molecule has 198 valence electrons. The maximum absolute atomic E-state index is 13.5. The monoisotopic (exact) mass is 574 g/mol. The van der Waals surface area contributed by atoms with Gasteiger partial charge in [-0.15, -0.1) is 0 Å². The van der Waals surface area contributed by atoms with Gasteiger partial charge in [-0.05, 0) is 62.6 Å². The molecule has 0 radical (unpaired) electrons. The number of halogens is 1. The van der Waals surface area contributed by atoms with Crippen LogP contribution in [0.5, 0.6) is 0 Å². The van der Waals surface area contributed by atoms with Crippen molar-refractivity contribution in [3.63, 3.8) is 0 Å². The number of rotatable bonds is 12. The number of nitrogens with zero attached hydrogens (tertiary/aromatic N) is 3. The first-order valence-corrected chi connectivity index (χ1v) is 14.0. The fourth-order valence-corrected chi connectivity index (χ4v) is 4.98. The first-order valence-electron chi connectivity index (χ1n) is 13.2. The molecule has 38 heavy (non-hydrogen) atoms. The molecule has 1 aromatic heterocycles. The molecule has 0 unspecified atom stereocenters. The Kier molecular flexibility index (Phi) is 9.71. The summed E-state index contributed by atoms with van der Waals surface area (Å²) in [5.41, 5.74) is 3.68. The van der Waals surface area contributed by atoms with Crippen molar-refractivity contribution < 1.29 is 9.59 Å². The Balaban J connectivity index is 1.35. The third-order valence-corrected chi connectivity index (χ3v) is 7.11. The SMILES string of the molecule is CC(C)N(Cc1ccccc1)C(=O)Cn1c(CCCCCNC(=O)c2cccc(Br)c2)nc2ccccc21. The summed E-state index contributed by atoms with van der Waals surface area (Å²) in [6, 6.07) is 25.6. The Morgan fingerprint density at radius 3 is 2.47 bits per heavy atom. The standard InChI is InChI=1S/C31H35BrN4O2/c1-23(2)35(21-24-12-5-3-6-13-24)30(37)22-36-28-17-9-8-16-27(28)34-29(36)18-7-4-10-19-33-31(38)25-14-11-15-26(32)20-25/h3,5-6,8-9,11-17,20,23H,4,7,10,18-19,21-22H2,1-2H3,(H,33,38). The van der Waals surface area contributed by atoms with Gasteiger partial charge in [0.15, 0.2) is 0 Å². The summed E-state index contributed by atoms with van der Waals surface area (Å²) >= 11 is 3.41. The van der Waals surface area contributed by atoms with E-state index in [1.165, 1.54) is 0 Å². The van der Waals surface area contributed by atoms with Crippen molar-refractivity contribution in [3.05, 3.63) is 100 Å². The van der Waals surface area contributed by atoms with Crippen LogP contribution in [0.1, 0.15) is 54.9 Å². The molecule has 7 heteroatoms. The Labute approximate surface area is 233 Å². The van der Waals surface area contributed by atoms with E-state index in [4.69, 9.17) is 4.98 Å². The normalized spacial score (nSPS) is 11.2. The van der Waals surface area contributed by atoms with E-state index in [1.54, 1.807) is 0 Å². The van der Waals surface area contributed by atoms with Crippen LogP contribution in [-0.4, -0.2) is 38.9 Å². The molecule has 6 nitrogen and oxygen atoms in total. The average Bonchev–Trinajstić information content (AvgIpc) is 3.26. The van der Waals surface area contributed by atoms with Gasteiger partial charge in [-0.25, -0.2) is 4.98 Å². The van der Waals surface area contributed by atoms with Crippen LogP contribution in [0, 0.1) is 0 Å². The second kappa shape index (κ2) is 13.4. The number of para-hydroxylation sites is 2. The number of carbonyl (C=O) groups excluding carboxylic acids is 2. The molecule has 0 aliphatic rings. The van der Waals surface area contributed by atoms with Gasteiger partial charge in [-0.3, -0.25) is 9.59 Å². The summed E-state index contributed by atoms with van der Waals surface area (Å²) in [7, 11) is 0. The Morgan fingerprint density at radius 1 is 0.947 bits per heavy atom. The third-order valence-electron chi connectivity index (χ3n) is 6.62. The van der Waals surface area contributed by atoms with Gasteiger partial charge < -0.3 is 14.8 Å². The van der Waals surface area contributed by atoms with Gasteiger partial charge in [0.25, 0.3) is 5.91 Å². The van der Waals surface area contributed by atoms with Crippen molar-refractivity contribution in [1.82, 2.24) is 19.8 Å². The third kappa shape index (κ3) is 7.32. The van der Waals surface area contributed by atoms with Crippen LogP contribution >= 0.6 is 15.9 Å². The van der Waals surface area contributed by atoms with Crippen LogP contribution in [-0.2, 0) is 24.3 Å². The summed E-state index contributed by atoms with van der Waals surface area (Å²) in [6.45, 7) is 5.60. The first kappa shape index (κ1) is 27.6. The van der Waals surface area contributed by atoms with Crippen molar-refractivity contribution in [2.75, 3.05) is 6.54 Å². The molecular formula is C31H35BrN4O2. The van der Waals surface area contributed by atoms with Crippen LogP contribution in [0.3, 0.4) is 0 Å². The Morgan fingerprint density at radius 2 is 1.71 bits per heavy atom. The second-order valence-electron chi connectivity index (χ2n) is 9.78. The maximum atomic E-state index is 13.5. The van der Waals surface area contributed by atoms with Crippen LogP contribution in [0.4, 0.5) is 0 Å². The minimum atomic E-state index is -0.0585. The number of hydrogen-bond acceptors (Lipinski definition) is 3. The van der Waals surface area contributed by atoms with E-state index in [0.717, 1.165) is 52.6 Å². The van der Waals surface area contributed by atoms with Crippen molar-refractivity contribution in [2.45, 2.75) is 58.7 Å². The number of hydrogen-bond donors (Lipinski definition) is 1. The predicted octanol–water partition coefficient (Wildman–Crippen LogP) is 6.38. The molecule has 4 aromatic rings. The molecule has 0 atom stereocenters. The van der Waals surface area contributed by atoms with Crippen molar-refractivity contribution in [1.29, 1.82) is 0 Å². The number of aromatic nitrogens is 2. The lowest BCUT2D eigenvalue weighted by molar-refractivity contribution is -0.134. The zero-order chi connectivity index (χ0) is 26.9. The highest BCUT2D eigenvalue weighted by molar-refractivity contribution is 9.10. The molecule has 1 N–H and O–H groups in total. The lowest BCUT2D eigenvalue weighted by Crippen LogP contribution is -2.38. The van der Waals surface area contributed by atoms with Gasteiger partial charge >= 0.3 is 0 Å². The van der Waals surface area contributed by atoms with Gasteiger partial charge in [-0.1, -0.05) is 70.9 Å². The van der Waals surface area contributed by atoms with E-state index in [-0.39, 0.29) is 24.4 Å². The van der Waals surface area contributed by atoms with Gasteiger partial charge in [0.2, 0.25) is 5.91 Å². The van der Waals surface area contributed by atoms with Crippen LogP contribution in [0.2, 0.25) is 0 Å². The van der Waals surface area contributed by atoms with E-state index in [2.05, 4.69) is 51.8 Å². The minimum absolute atomic E-state index is 0.0585. The number of amides is 2. The summed E-state index contributed by atoms with van der Waals surface area (Å²) < 4.78 is 2.97. The molecule has 0 saturated heterocycles. The summed E-state index contributed by atoms with van der Waals surface area (Å²) in [5, 5.41) is 3.00. The largest absolute Gasteiger partial charge is 0.352 e. The molecule has 0 saturated carbocycles. The molecule has 1 heterocycles. The lowest BCUT2D eigenvalue weighted by atomic mass is 10.1. The van der Waals surface area contributed by atoms with Crippen molar-refractivity contribution in [2.24, 2.45) is 0 Å². The topological polar surface area (TPSA) is 67.2 Å². The Bertz CT molecular complexity index is 1370. The zero-order valence-corrected chi connectivity index (χ0v) is 23.7. The molecule has 3 aromatic carbocycles. The molecule has 0 bridgehead atoms. The van der Waals surface area contributed by atoms with Crippen LogP contribution in [0.15, 0.2) is 83.3 Å². The van der Waals surface area contributed by atoms with Gasteiger partial charge in [0.1, 0.15) is 12.4 Å². The molecule has 0 spiro atoms. The van der Waals surface area contributed by atoms with E-state index in [9.17, 15) is 9.59 Å². The van der Waals surface area contributed by atoms with E-state index in [1.807, 2.05) is 71.6 Å². The molecule has 0 aliphatic heterocycles. The summed E-state index contributed by atoms with van der Waals surface area (Å²) in [4.78, 5) is 32.6. The summed E-state index contributed by atoms with van der Waals surface area (Å²) in [6.07, 6.45) is 3.56. The van der Waals surface area contributed by atoms with Gasteiger partial charge in [0.05, 0.1) is 11.0 Å². The van der Waals surface area contributed by atoms with E-state index < -0.39 is 0 Å². The number of imidazole rings is 1. The smallest absolute Gasteiger partial charge is 0.251 e. The highest BCUT2D eigenvalue weighted by Gasteiger charge is 2.20. The number of fused-ring (bicyclic) bond motifs is 1. The van der Waals surface area contributed by atoms with E-state index >= 15 is 0 Å². The maximum Gasteiger partial charge on any atom is 0.251 e. The summed E-state index contributed by atoms with van der Waals surface area (Å²) in [5.74, 6) is 0.960. The molecule has 2 amide bonds. The number of aryl methyl sites for hydroxylation is 1. The van der Waals surface area contributed by atoms with E-state index in [0.29, 0.717) is 18.7 Å². The zero-order valence-electron chi connectivity index (χ0n) is 22.1. The quantitative estimate of drug-likeness (QED) is 0.200. The predicted molar refractivity (Wildman–Crippen MR) is 156 cm³/mol. The first-order chi connectivity index (χ1) is 18.4. The second-order valence-corrected chi connectivity index (χ2v) is 10.7. The van der Waals surface area contributed by atoms with Crippen LogP contribution < -0.4 is 5.32 Å². The molecule has 4 rings (SSSR count). The van der Waals surface area contributed by atoms with Gasteiger partial charge in [0, 0.05) is 35.6 Å². The molecule has 0 aliphatic carbocycles. The number of unbranched alkanes of at least 4 members (excludes halogenated alkanes) is 2. The fraction of sp³-hybridized carbons (Fsp3) is 0.323. The molecule has 0 fully saturated rings. The molecular weight excluding hydrogens is 540 g/mol. The lowest BCUT2D eigenvalue weighted by Gasteiger charge is -2.27. The highest BCUT2D eigenvalue weighted by atomic mass is 79.9. The number of benzene rings is 3. The number of nitrogens with one attached hydrogen (secondary N) is 1. The Hall–Kier alpha value is -3.45. The fourth-order valence-electron chi connectivity index (χ4n) is 4.58. The minimum Gasteiger partial charge on any atom is -0.352 e. The van der Waals surface area contributed by atoms with Crippen LogP contribution in [0.25, 0.3) is 11.0 Å².